The molecule has 2 N–H and O–H groups in total. The zero-order valence-corrected chi connectivity index (χ0v) is 15.7. The van der Waals surface area contributed by atoms with Crippen molar-refractivity contribution in [3.05, 3.63) is 29.8 Å². The minimum absolute atomic E-state index is 0.128. The van der Waals surface area contributed by atoms with E-state index in [9.17, 15) is 19.6 Å². The van der Waals surface area contributed by atoms with Crippen molar-refractivity contribution in [1.82, 2.24) is 10.2 Å². The molecule has 1 aromatic carbocycles. The molecule has 4 rings (SSSR count). The zero-order chi connectivity index (χ0) is 19.7. The van der Waals surface area contributed by atoms with E-state index < -0.39 is 17.4 Å². The Bertz CT molecular complexity index is 855. The molecule has 1 aromatic rings. The summed E-state index contributed by atoms with van der Waals surface area (Å²) in [5, 5.41) is 15.3. The molecule has 1 aliphatic carbocycles. The van der Waals surface area contributed by atoms with Crippen LogP contribution in [-0.2, 0) is 19.8 Å². The summed E-state index contributed by atoms with van der Waals surface area (Å²) in [6, 6.07) is 8.80. The van der Waals surface area contributed by atoms with E-state index >= 15 is 0 Å². The van der Waals surface area contributed by atoms with Crippen molar-refractivity contribution >= 4 is 23.4 Å². The molecule has 7 nitrogen and oxygen atoms in total. The van der Waals surface area contributed by atoms with E-state index in [0.29, 0.717) is 12.5 Å². The van der Waals surface area contributed by atoms with E-state index in [-0.39, 0.29) is 31.2 Å². The molecule has 1 spiro atoms. The first-order chi connectivity index (χ1) is 13.5. The van der Waals surface area contributed by atoms with Crippen molar-refractivity contribution < 1.29 is 14.4 Å². The van der Waals surface area contributed by atoms with Crippen LogP contribution < -0.4 is 10.6 Å². The van der Waals surface area contributed by atoms with Gasteiger partial charge in [-0.1, -0.05) is 31.0 Å². The molecule has 1 saturated carbocycles. The first-order valence-corrected chi connectivity index (χ1v) is 9.90. The highest BCUT2D eigenvalue weighted by atomic mass is 16.2. The lowest BCUT2D eigenvalue weighted by Crippen LogP contribution is -2.42. The number of para-hydroxylation sites is 1. The van der Waals surface area contributed by atoms with Crippen LogP contribution in [-0.4, -0.2) is 41.8 Å². The molecule has 0 bridgehead atoms. The summed E-state index contributed by atoms with van der Waals surface area (Å²) in [6.45, 7) is 0.732. The van der Waals surface area contributed by atoms with Crippen molar-refractivity contribution in [2.24, 2.45) is 5.92 Å². The SMILES string of the molecule is N#C[C@@H]1C[C@@]2(CN1C(=O)CC(=O)NCC1CCCC1)C(=O)Nc1ccccc12. The molecule has 3 amide bonds. The maximum Gasteiger partial charge on any atom is 0.237 e. The predicted octanol–water partition coefficient (Wildman–Crippen LogP) is 1.70. The number of hydrogen-bond donors (Lipinski definition) is 2. The van der Waals surface area contributed by atoms with Gasteiger partial charge >= 0.3 is 0 Å². The average Bonchev–Trinajstić information content (AvgIpc) is 3.40. The van der Waals surface area contributed by atoms with Crippen LogP contribution in [0.4, 0.5) is 5.69 Å². The van der Waals surface area contributed by atoms with Gasteiger partial charge in [0, 0.05) is 25.2 Å². The molecule has 0 aromatic heterocycles. The maximum absolute atomic E-state index is 12.8. The highest BCUT2D eigenvalue weighted by Gasteiger charge is 2.55. The molecule has 2 heterocycles. The molecule has 7 heteroatoms. The quantitative estimate of drug-likeness (QED) is 0.776. The van der Waals surface area contributed by atoms with Crippen molar-refractivity contribution in [3.8, 4) is 6.07 Å². The third-order valence-corrected chi connectivity index (χ3v) is 6.33. The number of nitrogens with one attached hydrogen (secondary N) is 2. The van der Waals surface area contributed by atoms with Gasteiger partial charge in [-0.3, -0.25) is 14.4 Å². The van der Waals surface area contributed by atoms with Crippen LogP contribution in [0.5, 0.6) is 0 Å². The second-order valence-corrected chi connectivity index (χ2v) is 8.08. The van der Waals surface area contributed by atoms with Gasteiger partial charge in [0.1, 0.15) is 12.5 Å². The molecule has 2 aliphatic heterocycles. The minimum Gasteiger partial charge on any atom is -0.355 e. The molecule has 2 atom stereocenters. The van der Waals surface area contributed by atoms with E-state index in [1.165, 1.54) is 17.7 Å². The van der Waals surface area contributed by atoms with Gasteiger partial charge in [-0.2, -0.15) is 5.26 Å². The van der Waals surface area contributed by atoms with Gasteiger partial charge in [0.05, 0.1) is 11.5 Å². The van der Waals surface area contributed by atoms with Gasteiger partial charge in [-0.05, 0) is 30.4 Å². The molecule has 3 aliphatic rings. The second kappa shape index (κ2) is 7.27. The lowest BCUT2D eigenvalue weighted by Gasteiger charge is -2.22. The Balaban J connectivity index is 1.44. The zero-order valence-electron chi connectivity index (χ0n) is 15.7. The molecule has 0 radical (unpaired) electrons. The van der Waals surface area contributed by atoms with Crippen LogP contribution in [0.15, 0.2) is 24.3 Å². The number of amides is 3. The highest BCUT2D eigenvalue weighted by molar-refractivity contribution is 6.07. The van der Waals surface area contributed by atoms with Crippen molar-refractivity contribution in [2.75, 3.05) is 18.4 Å². The maximum atomic E-state index is 12.8. The number of hydrogen-bond acceptors (Lipinski definition) is 4. The monoisotopic (exact) mass is 380 g/mol. The van der Waals surface area contributed by atoms with Gasteiger partial charge in [0.25, 0.3) is 0 Å². The Hall–Kier alpha value is -2.88. The number of benzene rings is 1. The molecular weight excluding hydrogens is 356 g/mol. The van der Waals surface area contributed by atoms with Crippen LogP contribution in [0.2, 0.25) is 0 Å². The first kappa shape index (κ1) is 18.5. The number of nitrogens with zero attached hydrogens (tertiary/aromatic N) is 2. The second-order valence-electron chi connectivity index (χ2n) is 8.08. The standard InChI is InChI=1S/C21H24N4O3/c22-11-15-10-21(16-7-3-4-8-17(16)24-20(21)28)13-25(15)19(27)9-18(26)23-12-14-5-1-2-6-14/h3-4,7-8,14-15H,1-2,5-6,9-10,12-13H2,(H,23,26)(H,24,28)/t15-,21-/m0/s1. The molecular formula is C21H24N4O3. The smallest absolute Gasteiger partial charge is 0.237 e. The fourth-order valence-electron chi connectivity index (χ4n) is 4.79. The summed E-state index contributed by atoms with van der Waals surface area (Å²) in [4.78, 5) is 39.1. The van der Waals surface area contributed by atoms with E-state index in [1.807, 2.05) is 24.3 Å². The minimum atomic E-state index is -0.910. The van der Waals surface area contributed by atoms with Gasteiger partial charge in [-0.15, -0.1) is 0 Å². The predicted molar refractivity (Wildman–Crippen MR) is 102 cm³/mol. The van der Waals surface area contributed by atoms with E-state index in [1.54, 1.807) is 0 Å². The van der Waals surface area contributed by atoms with E-state index in [2.05, 4.69) is 16.7 Å². The van der Waals surface area contributed by atoms with Gasteiger partial charge in [0.2, 0.25) is 17.7 Å². The number of carbonyl (C=O) groups excluding carboxylic acids is 3. The van der Waals surface area contributed by atoms with Gasteiger partial charge in [0.15, 0.2) is 0 Å². The molecule has 28 heavy (non-hydrogen) atoms. The molecule has 2 fully saturated rings. The number of nitriles is 1. The van der Waals surface area contributed by atoms with Gasteiger partial charge in [-0.25, -0.2) is 0 Å². The summed E-state index contributed by atoms with van der Waals surface area (Å²) < 4.78 is 0. The Morgan fingerprint density at radius 2 is 2.04 bits per heavy atom. The third-order valence-electron chi connectivity index (χ3n) is 6.33. The number of anilines is 1. The third kappa shape index (κ3) is 3.13. The summed E-state index contributed by atoms with van der Waals surface area (Å²) in [6.07, 6.45) is 4.60. The largest absolute Gasteiger partial charge is 0.355 e. The average molecular weight is 380 g/mol. The Labute approximate surface area is 164 Å². The van der Waals surface area contributed by atoms with Crippen LogP contribution in [0.25, 0.3) is 0 Å². The van der Waals surface area contributed by atoms with E-state index in [4.69, 9.17) is 0 Å². The topological polar surface area (TPSA) is 102 Å². The number of fused-ring (bicyclic) bond motifs is 2. The van der Waals surface area contributed by atoms with Crippen molar-refractivity contribution in [2.45, 2.75) is 50.0 Å². The Morgan fingerprint density at radius 1 is 1.29 bits per heavy atom. The number of likely N-dealkylation sites (tertiary alicyclic amines) is 1. The molecule has 1 saturated heterocycles. The Morgan fingerprint density at radius 3 is 2.79 bits per heavy atom. The molecule has 146 valence electrons. The lowest BCUT2D eigenvalue weighted by molar-refractivity contribution is -0.136. The van der Waals surface area contributed by atoms with Crippen LogP contribution >= 0.6 is 0 Å². The summed E-state index contributed by atoms with van der Waals surface area (Å²) >= 11 is 0. The normalized spacial score (nSPS) is 26.2. The first-order valence-electron chi connectivity index (χ1n) is 9.90. The van der Waals surface area contributed by atoms with Crippen LogP contribution in [0.1, 0.15) is 44.1 Å². The number of carbonyl (C=O) groups is 3. The summed E-state index contributed by atoms with van der Waals surface area (Å²) in [5.41, 5.74) is 0.640. The Kier molecular flexibility index (Phi) is 4.80. The van der Waals surface area contributed by atoms with Crippen LogP contribution in [0, 0.1) is 17.2 Å². The fraction of sp³-hybridized carbons (Fsp3) is 0.524. The summed E-state index contributed by atoms with van der Waals surface area (Å²) in [7, 11) is 0. The summed E-state index contributed by atoms with van der Waals surface area (Å²) in [5.74, 6) is -0.398. The number of rotatable bonds is 4. The fourth-order valence-corrected chi connectivity index (χ4v) is 4.79. The van der Waals surface area contributed by atoms with Crippen molar-refractivity contribution in [1.29, 1.82) is 5.26 Å². The lowest BCUT2D eigenvalue weighted by atomic mass is 9.80. The van der Waals surface area contributed by atoms with Crippen molar-refractivity contribution in [3.63, 3.8) is 0 Å². The van der Waals surface area contributed by atoms with E-state index in [0.717, 1.165) is 24.1 Å². The van der Waals surface area contributed by atoms with Gasteiger partial charge < -0.3 is 15.5 Å². The van der Waals surface area contributed by atoms with Crippen LogP contribution in [0.3, 0.4) is 0 Å². The molecule has 0 unspecified atom stereocenters. The highest BCUT2D eigenvalue weighted by Crippen LogP contribution is 2.46.